The summed E-state index contributed by atoms with van der Waals surface area (Å²) in [6, 6.07) is 2.03. The molecule has 0 saturated heterocycles. The molecule has 4 N–H and O–H groups in total. The summed E-state index contributed by atoms with van der Waals surface area (Å²) in [4.78, 5) is 8.72. The second-order valence-corrected chi connectivity index (χ2v) is 5.72. The number of nitrogen functional groups attached to an aromatic ring is 1. The lowest BCUT2D eigenvalue weighted by atomic mass is 9.89. The topological polar surface area (TPSA) is 84.1 Å². The number of hydrogen-bond acceptors (Lipinski definition) is 5. The van der Waals surface area contributed by atoms with Crippen LogP contribution in [-0.2, 0) is 5.41 Å². The molecular weight excluding hydrogens is 216 g/mol. The van der Waals surface area contributed by atoms with Crippen molar-refractivity contribution in [2.75, 3.05) is 11.1 Å². The standard InChI is InChI=1S/C12H20N4O/c1-12(2,3)11-15-9(13)6-10(16-11)14-7-4-8(17)5-7/h6-8,17H,4-5H2,1-3H3,(H3,13,14,15,16). The van der Waals surface area contributed by atoms with E-state index in [1.54, 1.807) is 6.07 Å². The fraction of sp³-hybridized carbons (Fsp3) is 0.667. The molecule has 1 heterocycles. The molecule has 0 unspecified atom stereocenters. The lowest BCUT2D eigenvalue weighted by Crippen LogP contribution is -2.39. The minimum absolute atomic E-state index is 0.120. The molecule has 0 radical (unpaired) electrons. The van der Waals surface area contributed by atoms with Gasteiger partial charge >= 0.3 is 0 Å². The molecular formula is C12H20N4O. The number of nitrogens with two attached hydrogens (primary N) is 1. The van der Waals surface area contributed by atoms with Crippen molar-refractivity contribution in [3.8, 4) is 0 Å². The van der Waals surface area contributed by atoms with Gasteiger partial charge in [-0.2, -0.15) is 0 Å². The summed E-state index contributed by atoms with van der Waals surface area (Å²) in [6.07, 6.45) is 1.37. The van der Waals surface area contributed by atoms with Gasteiger partial charge in [0, 0.05) is 17.5 Å². The monoisotopic (exact) mass is 236 g/mol. The minimum atomic E-state index is -0.172. The van der Waals surface area contributed by atoms with E-state index in [4.69, 9.17) is 5.73 Å². The third-order valence-corrected chi connectivity index (χ3v) is 2.88. The summed E-state index contributed by atoms with van der Waals surface area (Å²) in [6.45, 7) is 6.16. The number of aromatic nitrogens is 2. The van der Waals surface area contributed by atoms with Gasteiger partial charge in [0.2, 0.25) is 0 Å². The Morgan fingerprint density at radius 1 is 1.35 bits per heavy atom. The van der Waals surface area contributed by atoms with Crippen LogP contribution >= 0.6 is 0 Å². The highest BCUT2D eigenvalue weighted by atomic mass is 16.3. The SMILES string of the molecule is CC(C)(C)c1nc(N)cc(NC2CC(O)C2)n1. The predicted molar refractivity (Wildman–Crippen MR) is 67.8 cm³/mol. The Balaban J connectivity index is 2.14. The zero-order chi connectivity index (χ0) is 12.6. The highest BCUT2D eigenvalue weighted by Crippen LogP contribution is 2.25. The Morgan fingerprint density at radius 2 is 2.00 bits per heavy atom. The van der Waals surface area contributed by atoms with Crippen molar-refractivity contribution < 1.29 is 5.11 Å². The van der Waals surface area contributed by atoms with Gasteiger partial charge in [-0.1, -0.05) is 20.8 Å². The normalized spacial score (nSPS) is 24.2. The second kappa shape index (κ2) is 4.14. The number of aliphatic hydroxyl groups is 1. The average molecular weight is 236 g/mol. The third-order valence-electron chi connectivity index (χ3n) is 2.88. The second-order valence-electron chi connectivity index (χ2n) is 5.72. The van der Waals surface area contributed by atoms with Crippen molar-refractivity contribution in [1.82, 2.24) is 9.97 Å². The molecule has 2 rings (SSSR count). The molecule has 94 valence electrons. The van der Waals surface area contributed by atoms with E-state index >= 15 is 0 Å². The molecule has 1 aromatic rings. The maximum Gasteiger partial charge on any atom is 0.138 e. The maximum absolute atomic E-state index is 9.24. The highest BCUT2D eigenvalue weighted by Gasteiger charge is 2.27. The van der Waals surface area contributed by atoms with E-state index in [9.17, 15) is 5.11 Å². The van der Waals surface area contributed by atoms with E-state index in [1.807, 2.05) is 0 Å². The van der Waals surface area contributed by atoms with Gasteiger partial charge in [-0.25, -0.2) is 9.97 Å². The Kier molecular flexibility index (Phi) is 2.95. The summed E-state index contributed by atoms with van der Waals surface area (Å²) < 4.78 is 0. The van der Waals surface area contributed by atoms with Crippen LogP contribution in [0.15, 0.2) is 6.07 Å². The first-order valence-electron chi connectivity index (χ1n) is 5.94. The molecule has 1 aliphatic carbocycles. The van der Waals surface area contributed by atoms with E-state index in [2.05, 4.69) is 36.1 Å². The van der Waals surface area contributed by atoms with E-state index < -0.39 is 0 Å². The van der Waals surface area contributed by atoms with Crippen molar-refractivity contribution in [1.29, 1.82) is 0 Å². The molecule has 1 saturated carbocycles. The van der Waals surface area contributed by atoms with Gasteiger partial charge < -0.3 is 16.2 Å². The number of nitrogens with zero attached hydrogens (tertiary/aromatic N) is 2. The van der Waals surface area contributed by atoms with Gasteiger partial charge in [0.05, 0.1) is 6.10 Å². The first-order chi connectivity index (χ1) is 7.84. The average Bonchev–Trinajstić information content (AvgIpc) is 2.13. The van der Waals surface area contributed by atoms with Crippen molar-refractivity contribution in [2.45, 2.75) is 51.2 Å². The van der Waals surface area contributed by atoms with Crippen LogP contribution in [0.5, 0.6) is 0 Å². The molecule has 1 aliphatic rings. The van der Waals surface area contributed by atoms with Crippen LogP contribution in [0.2, 0.25) is 0 Å². The molecule has 0 amide bonds. The van der Waals surface area contributed by atoms with Gasteiger partial charge in [-0.3, -0.25) is 0 Å². The van der Waals surface area contributed by atoms with Crippen LogP contribution in [0.25, 0.3) is 0 Å². The van der Waals surface area contributed by atoms with Crippen LogP contribution in [0.3, 0.4) is 0 Å². The minimum Gasteiger partial charge on any atom is -0.393 e. The Bertz CT molecular complexity index is 407. The van der Waals surface area contributed by atoms with Gasteiger partial charge in [-0.15, -0.1) is 0 Å². The van der Waals surface area contributed by atoms with Crippen molar-refractivity contribution >= 4 is 11.6 Å². The summed E-state index contributed by atoms with van der Waals surface area (Å²) in [5.41, 5.74) is 5.66. The highest BCUT2D eigenvalue weighted by molar-refractivity contribution is 5.46. The fourth-order valence-electron chi connectivity index (χ4n) is 1.79. The molecule has 1 aromatic heterocycles. The van der Waals surface area contributed by atoms with Crippen molar-refractivity contribution in [2.24, 2.45) is 0 Å². The van der Waals surface area contributed by atoms with Crippen molar-refractivity contribution in [3.05, 3.63) is 11.9 Å². The van der Waals surface area contributed by atoms with Crippen LogP contribution in [-0.4, -0.2) is 27.2 Å². The predicted octanol–water partition coefficient (Wildman–Crippen LogP) is 1.29. The lowest BCUT2D eigenvalue weighted by Gasteiger charge is -2.32. The summed E-state index contributed by atoms with van der Waals surface area (Å²) in [5, 5.41) is 12.5. The van der Waals surface area contributed by atoms with E-state index in [0.717, 1.165) is 24.5 Å². The molecule has 0 aromatic carbocycles. The van der Waals surface area contributed by atoms with E-state index in [0.29, 0.717) is 11.9 Å². The molecule has 5 heteroatoms. The number of rotatable bonds is 2. The number of aliphatic hydroxyl groups excluding tert-OH is 1. The summed E-state index contributed by atoms with van der Waals surface area (Å²) >= 11 is 0. The van der Waals surface area contributed by atoms with Crippen molar-refractivity contribution in [3.63, 3.8) is 0 Å². The molecule has 17 heavy (non-hydrogen) atoms. The van der Waals surface area contributed by atoms with Crippen LogP contribution in [0.1, 0.15) is 39.4 Å². The van der Waals surface area contributed by atoms with Gasteiger partial charge in [-0.05, 0) is 12.8 Å². The van der Waals surface area contributed by atoms with Gasteiger partial charge in [0.1, 0.15) is 17.5 Å². The molecule has 0 bridgehead atoms. The molecule has 0 atom stereocenters. The zero-order valence-electron chi connectivity index (χ0n) is 10.6. The number of nitrogens with one attached hydrogen (secondary N) is 1. The smallest absolute Gasteiger partial charge is 0.138 e. The lowest BCUT2D eigenvalue weighted by molar-refractivity contribution is 0.0835. The quantitative estimate of drug-likeness (QED) is 0.720. The summed E-state index contributed by atoms with van der Waals surface area (Å²) in [5.74, 6) is 1.96. The molecule has 0 spiro atoms. The first-order valence-corrected chi connectivity index (χ1v) is 5.94. The first kappa shape index (κ1) is 12.1. The summed E-state index contributed by atoms with van der Waals surface area (Å²) in [7, 11) is 0. The molecule has 5 nitrogen and oxygen atoms in total. The zero-order valence-corrected chi connectivity index (χ0v) is 10.6. The van der Waals surface area contributed by atoms with Gasteiger partial charge in [0.15, 0.2) is 0 Å². The van der Waals surface area contributed by atoms with Gasteiger partial charge in [0.25, 0.3) is 0 Å². The van der Waals surface area contributed by atoms with Crippen LogP contribution < -0.4 is 11.1 Å². The molecule has 1 fully saturated rings. The Labute approximate surface area is 101 Å². The van der Waals surface area contributed by atoms with E-state index in [1.165, 1.54) is 0 Å². The number of hydrogen-bond donors (Lipinski definition) is 3. The number of anilines is 2. The molecule has 0 aliphatic heterocycles. The van der Waals surface area contributed by atoms with Crippen LogP contribution in [0, 0.1) is 0 Å². The third kappa shape index (κ3) is 2.85. The Morgan fingerprint density at radius 3 is 2.53 bits per heavy atom. The largest absolute Gasteiger partial charge is 0.393 e. The Hall–Kier alpha value is -1.36. The fourth-order valence-corrected chi connectivity index (χ4v) is 1.79. The van der Waals surface area contributed by atoms with E-state index in [-0.39, 0.29) is 11.5 Å². The maximum atomic E-state index is 9.24. The van der Waals surface area contributed by atoms with Crippen LogP contribution in [0.4, 0.5) is 11.6 Å².